The number of thiophene rings is 1. The summed E-state index contributed by atoms with van der Waals surface area (Å²) in [7, 11) is 0. The molecule has 0 aliphatic carbocycles. The van der Waals surface area contributed by atoms with Crippen LogP contribution in [0.3, 0.4) is 0 Å². The van der Waals surface area contributed by atoms with Gasteiger partial charge in [-0.1, -0.05) is 0 Å². The summed E-state index contributed by atoms with van der Waals surface area (Å²) in [4.78, 5) is 1.30. The van der Waals surface area contributed by atoms with Crippen LogP contribution < -0.4 is 5.73 Å². The minimum atomic E-state index is 0.0576. The summed E-state index contributed by atoms with van der Waals surface area (Å²) in [6, 6.07) is 4.26. The summed E-state index contributed by atoms with van der Waals surface area (Å²) in [6.07, 6.45) is 3.76. The van der Waals surface area contributed by atoms with Crippen LogP contribution in [0.25, 0.3) is 0 Å². The summed E-state index contributed by atoms with van der Waals surface area (Å²) < 4.78 is 1.93. The van der Waals surface area contributed by atoms with Crippen LogP contribution in [0, 0.1) is 6.92 Å². The van der Waals surface area contributed by atoms with Gasteiger partial charge in [0.05, 0.1) is 0 Å². The molecule has 2 rings (SSSR count). The standard InChI is InChI=1S/C11H15N3S/c1-8-4-7-15-11(8)10(9(2)12)14-6-3-5-13-14/h3-7,9-10H,12H2,1-2H3. The molecule has 0 saturated carbocycles. The fourth-order valence-electron chi connectivity index (χ4n) is 1.73. The van der Waals surface area contributed by atoms with Gasteiger partial charge < -0.3 is 5.73 Å². The Labute approximate surface area is 93.5 Å². The Morgan fingerprint density at radius 1 is 1.53 bits per heavy atom. The lowest BCUT2D eigenvalue weighted by atomic mass is 10.1. The third-order valence-corrected chi connectivity index (χ3v) is 3.57. The third-order valence-electron chi connectivity index (χ3n) is 2.48. The first-order valence-corrected chi connectivity index (χ1v) is 5.87. The molecule has 0 amide bonds. The lowest BCUT2D eigenvalue weighted by molar-refractivity contribution is 0.459. The van der Waals surface area contributed by atoms with E-state index in [1.807, 2.05) is 23.9 Å². The molecule has 0 bridgehead atoms. The van der Waals surface area contributed by atoms with Crippen molar-refractivity contribution in [3.8, 4) is 0 Å². The molecule has 0 fully saturated rings. The predicted octanol–water partition coefficient (Wildman–Crippen LogP) is 2.19. The monoisotopic (exact) mass is 221 g/mol. The van der Waals surface area contributed by atoms with Gasteiger partial charge in [-0.3, -0.25) is 4.68 Å². The number of rotatable bonds is 3. The zero-order valence-electron chi connectivity index (χ0n) is 8.92. The van der Waals surface area contributed by atoms with Gasteiger partial charge in [-0.15, -0.1) is 11.3 Å². The number of hydrogen-bond donors (Lipinski definition) is 1. The molecule has 2 aromatic heterocycles. The number of nitrogens with two attached hydrogens (primary N) is 1. The van der Waals surface area contributed by atoms with E-state index in [0.717, 1.165) is 0 Å². The van der Waals surface area contributed by atoms with Crippen molar-refractivity contribution in [1.82, 2.24) is 9.78 Å². The zero-order valence-corrected chi connectivity index (χ0v) is 9.74. The Bertz CT molecular complexity index is 417. The van der Waals surface area contributed by atoms with Gasteiger partial charge in [0.1, 0.15) is 6.04 Å². The molecule has 0 saturated heterocycles. The first-order chi connectivity index (χ1) is 7.20. The second-order valence-electron chi connectivity index (χ2n) is 3.76. The van der Waals surface area contributed by atoms with E-state index in [0.29, 0.717) is 0 Å². The molecule has 4 heteroatoms. The Hall–Kier alpha value is -1.13. The van der Waals surface area contributed by atoms with Crippen LogP contribution in [0.15, 0.2) is 29.9 Å². The van der Waals surface area contributed by atoms with Gasteiger partial charge in [-0.05, 0) is 36.9 Å². The SMILES string of the molecule is Cc1ccsc1C(C(C)N)n1cccn1. The maximum Gasteiger partial charge on any atom is 0.101 e. The number of hydrogen-bond acceptors (Lipinski definition) is 3. The minimum Gasteiger partial charge on any atom is -0.326 e. The van der Waals surface area contributed by atoms with E-state index < -0.39 is 0 Å². The molecule has 0 radical (unpaired) electrons. The summed E-state index contributed by atoms with van der Waals surface area (Å²) in [5.74, 6) is 0. The van der Waals surface area contributed by atoms with Crippen LogP contribution in [0.2, 0.25) is 0 Å². The second-order valence-corrected chi connectivity index (χ2v) is 4.71. The van der Waals surface area contributed by atoms with Crippen LogP contribution in [0.5, 0.6) is 0 Å². The van der Waals surface area contributed by atoms with Crippen molar-refractivity contribution >= 4 is 11.3 Å². The first kappa shape index (κ1) is 10.4. The molecule has 15 heavy (non-hydrogen) atoms. The normalized spacial score (nSPS) is 15.1. The van der Waals surface area contributed by atoms with Crippen LogP contribution in [-0.4, -0.2) is 15.8 Å². The van der Waals surface area contributed by atoms with E-state index in [9.17, 15) is 0 Å². The second kappa shape index (κ2) is 4.16. The molecule has 2 atom stereocenters. The van der Waals surface area contributed by atoms with Gasteiger partial charge in [0.25, 0.3) is 0 Å². The summed E-state index contributed by atoms with van der Waals surface area (Å²) in [5.41, 5.74) is 7.32. The minimum absolute atomic E-state index is 0.0576. The van der Waals surface area contributed by atoms with E-state index in [4.69, 9.17) is 5.73 Å². The molecule has 0 spiro atoms. The van der Waals surface area contributed by atoms with Gasteiger partial charge >= 0.3 is 0 Å². The third kappa shape index (κ3) is 1.96. The summed E-state index contributed by atoms with van der Waals surface area (Å²) >= 11 is 1.74. The molecule has 2 aromatic rings. The van der Waals surface area contributed by atoms with E-state index in [1.165, 1.54) is 10.4 Å². The summed E-state index contributed by atoms with van der Waals surface area (Å²) in [6.45, 7) is 4.14. The number of nitrogens with zero attached hydrogens (tertiary/aromatic N) is 2. The molecule has 3 nitrogen and oxygen atoms in total. The van der Waals surface area contributed by atoms with E-state index in [-0.39, 0.29) is 12.1 Å². The van der Waals surface area contributed by atoms with E-state index >= 15 is 0 Å². The smallest absolute Gasteiger partial charge is 0.101 e. The van der Waals surface area contributed by atoms with Crippen molar-refractivity contribution in [2.24, 2.45) is 5.73 Å². The molecule has 2 unspecified atom stereocenters. The average molecular weight is 221 g/mol. The van der Waals surface area contributed by atoms with Crippen LogP contribution >= 0.6 is 11.3 Å². The molecule has 2 heterocycles. The fraction of sp³-hybridized carbons (Fsp3) is 0.364. The van der Waals surface area contributed by atoms with Crippen molar-refractivity contribution in [3.63, 3.8) is 0 Å². The maximum atomic E-state index is 6.03. The van der Waals surface area contributed by atoms with Crippen molar-refractivity contribution < 1.29 is 0 Å². The molecule has 0 aliphatic rings. The molecule has 0 aliphatic heterocycles. The molecular formula is C11H15N3S. The van der Waals surface area contributed by atoms with Gasteiger partial charge in [-0.25, -0.2) is 0 Å². The Morgan fingerprint density at radius 3 is 2.80 bits per heavy atom. The van der Waals surface area contributed by atoms with Crippen molar-refractivity contribution in [2.75, 3.05) is 0 Å². The Balaban J connectivity index is 2.41. The highest BCUT2D eigenvalue weighted by Crippen LogP contribution is 2.28. The topological polar surface area (TPSA) is 43.8 Å². The molecule has 0 aromatic carbocycles. The van der Waals surface area contributed by atoms with Gasteiger partial charge in [0, 0.05) is 23.3 Å². The fourth-order valence-corrected chi connectivity index (χ4v) is 2.87. The predicted molar refractivity (Wildman–Crippen MR) is 63.1 cm³/mol. The largest absolute Gasteiger partial charge is 0.326 e. The lowest BCUT2D eigenvalue weighted by Crippen LogP contribution is -2.30. The average Bonchev–Trinajstić information content (AvgIpc) is 2.79. The number of aromatic nitrogens is 2. The van der Waals surface area contributed by atoms with Crippen LogP contribution in [-0.2, 0) is 0 Å². The van der Waals surface area contributed by atoms with Crippen LogP contribution in [0.1, 0.15) is 23.4 Å². The number of aryl methyl sites for hydroxylation is 1. The quantitative estimate of drug-likeness (QED) is 0.863. The highest BCUT2D eigenvalue weighted by atomic mass is 32.1. The Morgan fingerprint density at radius 2 is 2.33 bits per heavy atom. The zero-order chi connectivity index (χ0) is 10.8. The molecule has 80 valence electrons. The van der Waals surface area contributed by atoms with E-state index in [2.05, 4.69) is 23.5 Å². The van der Waals surface area contributed by atoms with Gasteiger partial charge in [-0.2, -0.15) is 5.10 Å². The lowest BCUT2D eigenvalue weighted by Gasteiger charge is -2.21. The molecule has 2 N–H and O–H groups in total. The van der Waals surface area contributed by atoms with Crippen molar-refractivity contribution in [1.29, 1.82) is 0 Å². The van der Waals surface area contributed by atoms with Crippen molar-refractivity contribution in [3.05, 3.63) is 40.3 Å². The van der Waals surface area contributed by atoms with Crippen LogP contribution in [0.4, 0.5) is 0 Å². The van der Waals surface area contributed by atoms with Crippen molar-refractivity contribution in [2.45, 2.75) is 25.9 Å². The summed E-state index contributed by atoms with van der Waals surface area (Å²) in [5, 5.41) is 6.38. The molecular weight excluding hydrogens is 206 g/mol. The van der Waals surface area contributed by atoms with Gasteiger partial charge in [0.2, 0.25) is 0 Å². The first-order valence-electron chi connectivity index (χ1n) is 4.99. The van der Waals surface area contributed by atoms with Gasteiger partial charge in [0.15, 0.2) is 0 Å². The Kier molecular flexibility index (Phi) is 2.88. The van der Waals surface area contributed by atoms with E-state index in [1.54, 1.807) is 17.5 Å². The highest BCUT2D eigenvalue weighted by molar-refractivity contribution is 7.10. The maximum absolute atomic E-state index is 6.03. The highest BCUT2D eigenvalue weighted by Gasteiger charge is 2.21.